The summed E-state index contributed by atoms with van der Waals surface area (Å²) >= 11 is 0. The van der Waals surface area contributed by atoms with Crippen LogP contribution in [0.3, 0.4) is 0 Å². The lowest BCUT2D eigenvalue weighted by Crippen LogP contribution is -2.28. The van der Waals surface area contributed by atoms with E-state index in [2.05, 4.69) is 4.72 Å². The molecular weight excluding hydrogens is 298 g/mol. The first-order chi connectivity index (χ1) is 9.83. The number of rotatable bonds is 4. The van der Waals surface area contributed by atoms with Crippen molar-refractivity contribution in [3.8, 4) is 0 Å². The molecule has 0 aliphatic heterocycles. The van der Waals surface area contributed by atoms with Crippen molar-refractivity contribution in [2.45, 2.75) is 17.9 Å². The second-order valence-electron chi connectivity index (χ2n) is 4.52. The van der Waals surface area contributed by atoms with Crippen molar-refractivity contribution in [1.82, 2.24) is 4.72 Å². The number of hydrogen-bond acceptors (Lipinski definition) is 3. The molecule has 0 aliphatic carbocycles. The molecule has 0 amide bonds. The maximum Gasteiger partial charge on any atom is 0.246 e. The quantitative estimate of drug-likeness (QED) is 0.852. The predicted molar refractivity (Wildman–Crippen MR) is 75.9 cm³/mol. The van der Waals surface area contributed by atoms with E-state index in [1.807, 2.05) is 0 Å². The third-order valence-electron chi connectivity index (χ3n) is 2.97. The number of nitrogens with two attached hydrogens (primary N) is 1. The molecule has 0 heterocycles. The van der Waals surface area contributed by atoms with Crippen LogP contribution in [0.4, 0.5) is 14.5 Å². The molecule has 0 aliphatic rings. The Labute approximate surface area is 121 Å². The Bertz CT molecular complexity index is 743. The third kappa shape index (κ3) is 3.20. The minimum Gasteiger partial charge on any atom is -0.398 e. The summed E-state index contributed by atoms with van der Waals surface area (Å²) < 4.78 is 54.0. The maximum absolute atomic E-state index is 13.7. The molecule has 0 bridgehead atoms. The molecule has 0 fully saturated rings. The summed E-state index contributed by atoms with van der Waals surface area (Å²) in [6.07, 6.45) is 0. The standard InChI is InChI=1S/C14H14F2N2O2S/c1-9(10-5-2-3-6-11(10)15)18-21(19,20)14-12(16)7-4-8-13(14)17/h2-9,18H,17H2,1H3. The van der Waals surface area contributed by atoms with Crippen molar-refractivity contribution in [1.29, 1.82) is 0 Å². The molecule has 3 N–H and O–H groups in total. The highest BCUT2D eigenvalue weighted by molar-refractivity contribution is 7.89. The maximum atomic E-state index is 13.7. The van der Waals surface area contributed by atoms with Gasteiger partial charge >= 0.3 is 0 Å². The average molecular weight is 312 g/mol. The van der Waals surface area contributed by atoms with E-state index >= 15 is 0 Å². The van der Waals surface area contributed by atoms with Gasteiger partial charge in [-0.2, -0.15) is 0 Å². The molecule has 112 valence electrons. The SMILES string of the molecule is CC(NS(=O)(=O)c1c(N)cccc1F)c1ccccc1F. The summed E-state index contributed by atoms with van der Waals surface area (Å²) in [4.78, 5) is -0.631. The van der Waals surface area contributed by atoms with Crippen molar-refractivity contribution >= 4 is 15.7 Å². The summed E-state index contributed by atoms with van der Waals surface area (Å²) in [5.41, 5.74) is 5.48. The largest absolute Gasteiger partial charge is 0.398 e. The highest BCUT2D eigenvalue weighted by Crippen LogP contribution is 2.24. The molecule has 2 rings (SSSR count). The average Bonchev–Trinajstić information content (AvgIpc) is 2.37. The summed E-state index contributed by atoms with van der Waals surface area (Å²) in [6.45, 7) is 1.47. The van der Waals surface area contributed by atoms with Crippen molar-refractivity contribution in [3.63, 3.8) is 0 Å². The molecule has 1 atom stereocenters. The second kappa shape index (κ2) is 5.79. The van der Waals surface area contributed by atoms with Gasteiger partial charge in [0.15, 0.2) is 0 Å². The van der Waals surface area contributed by atoms with E-state index in [4.69, 9.17) is 5.73 Å². The van der Waals surface area contributed by atoms with E-state index in [9.17, 15) is 17.2 Å². The summed E-state index contributed by atoms with van der Waals surface area (Å²) in [5.74, 6) is -1.50. The molecule has 0 spiro atoms. The van der Waals surface area contributed by atoms with Crippen LogP contribution in [-0.4, -0.2) is 8.42 Å². The van der Waals surface area contributed by atoms with Crippen LogP contribution in [0.15, 0.2) is 47.4 Å². The zero-order chi connectivity index (χ0) is 15.6. The predicted octanol–water partition coefficient (Wildman–Crippen LogP) is 2.59. The molecule has 0 aromatic heterocycles. The highest BCUT2D eigenvalue weighted by Gasteiger charge is 2.25. The van der Waals surface area contributed by atoms with Crippen LogP contribution < -0.4 is 10.5 Å². The van der Waals surface area contributed by atoms with Gasteiger partial charge in [-0.05, 0) is 25.1 Å². The van der Waals surface area contributed by atoms with E-state index < -0.39 is 32.6 Å². The molecule has 2 aromatic carbocycles. The van der Waals surface area contributed by atoms with Crippen LogP contribution >= 0.6 is 0 Å². The fourth-order valence-corrected chi connectivity index (χ4v) is 3.40. The van der Waals surface area contributed by atoms with Crippen LogP contribution in [0.2, 0.25) is 0 Å². The number of benzene rings is 2. The van der Waals surface area contributed by atoms with Crippen LogP contribution in [0.1, 0.15) is 18.5 Å². The molecule has 0 radical (unpaired) electrons. The van der Waals surface area contributed by atoms with Crippen LogP contribution in [0, 0.1) is 11.6 Å². The normalized spacial score (nSPS) is 13.1. The van der Waals surface area contributed by atoms with Crippen molar-refractivity contribution < 1.29 is 17.2 Å². The summed E-state index contributed by atoms with van der Waals surface area (Å²) in [5, 5.41) is 0. The molecule has 1 unspecified atom stereocenters. The lowest BCUT2D eigenvalue weighted by Gasteiger charge is -2.16. The van der Waals surface area contributed by atoms with Crippen molar-refractivity contribution in [2.75, 3.05) is 5.73 Å². The van der Waals surface area contributed by atoms with Crippen LogP contribution in [-0.2, 0) is 10.0 Å². The van der Waals surface area contributed by atoms with Gasteiger partial charge in [0, 0.05) is 11.6 Å². The molecule has 7 heteroatoms. The molecule has 4 nitrogen and oxygen atoms in total. The minimum atomic E-state index is -4.20. The first-order valence-electron chi connectivity index (χ1n) is 6.13. The van der Waals surface area contributed by atoms with Crippen LogP contribution in [0.25, 0.3) is 0 Å². The summed E-state index contributed by atoms with van der Waals surface area (Å²) in [7, 11) is -4.20. The van der Waals surface area contributed by atoms with E-state index in [1.165, 1.54) is 37.3 Å². The molecule has 21 heavy (non-hydrogen) atoms. The lowest BCUT2D eigenvalue weighted by molar-refractivity contribution is 0.538. The van der Waals surface area contributed by atoms with E-state index in [0.29, 0.717) is 0 Å². The van der Waals surface area contributed by atoms with Gasteiger partial charge < -0.3 is 5.73 Å². The molecular formula is C14H14F2N2O2S. The lowest BCUT2D eigenvalue weighted by atomic mass is 10.1. The summed E-state index contributed by atoms with van der Waals surface area (Å²) in [6, 6.07) is 8.48. The number of hydrogen-bond donors (Lipinski definition) is 2. The van der Waals surface area contributed by atoms with Gasteiger partial charge in [0.1, 0.15) is 16.5 Å². The third-order valence-corrected chi connectivity index (χ3v) is 4.60. The second-order valence-corrected chi connectivity index (χ2v) is 6.17. The molecule has 0 saturated carbocycles. The van der Waals surface area contributed by atoms with Crippen LogP contribution in [0.5, 0.6) is 0 Å². The van der Waals surface area contributed by atoms with E-state index in [-0.39, 0.29) is 11.3 Å². The Balaban J connectivity index is 2.36. The first kappa shape index (κ1) is 15.4. The van der Waals surface area contributed by atoms with Gasteiger partial charge in [-0.15, -0.1) is 0 Å². The fourth-order valence-electron chi connectivity index (χ4n) is 1.99. The van der Waals surface area contributed by atoms with E-state index in [0.717, 1.165) is 6.07 Å². The Morgan fingerprint density at radius 2 is 1.67 bits per heavy atom. The van der Waals surface area contributed by atoms with Gasteiger partial charge in [0.25, 0.3) is 0 Å². The topological polar surface area (TPSA) is 72.2 Å². The van der Waals surface area contributed by atoms with Crippen molar-refractivity contribution in [3.05, 3.63) is 59.7 Å². The number of halogens is 2. The number of anilines is 1. The smallest absolute Gasteiger partial charge is 0.246 e. The van der Waals surface area contributed by atoms with Crippen molar-refractivity contribution in [2.24, 2.45) is 0 Å². The molecule has 0 saturated heterocycles. The first-order valence-corrected chi connectivity index (χ1v) is 7.62. The van der Waals surface area contributed by atoms with E-state index in [1.54, 1.807) is 6.07 Å². The minimum absolute atomic E-state index is 0.163. The Morgan fingerprint density at radius 1 is 1.05 bits per heavy atom. The number of sulfonamides is 1. The Morgan fingerprint density at radius 3 is 2.29 bits per heavy atom. The van der Waals surface area contributed by atoms with Gasteiger partial charge in [0.05, 0.1) is 5.69 Å². The fraction of sp³-hybridized carbons (Fsp3) is 0.143. The number of nitrogen functional groups attached to an aromatic ring is 1. The monoisotopic (exact) mass is 312 g/mol. The zero-order valence-corrected chi connectivity index (χ0v) is 12.0. The molecule has 2 aromatic rings. The van der Waals surface area contributed by atoms with Gasteiger partial charge in [-0.1, -0.05) is 24.3 Å². The van der Waals surface area contributed by atoms with Gasteiger partial charge in [-0.3, -0.25) is 0 Å². The number of nitrogens with one attached hydrogen (secondary N) is 1. The Kier molecular flexibility index (Phi) is 4.24. The van der Waals surface area contributed by atoms with Gasteiger partial charge in [0.2, 0.25) is 10.0 Å². The highest BCUT2D eigenvalue weighted by atomic mass is 32.2. The zero-order valence-electron chi connectivity index (χ0n) is 11.2. The van der Waals surface area contributed by atoms with Gasteiger partial charge in [-0.25, -0.2) is 21.9 Å². The Hall–Kier alpha value is -1.99.